The van der Waals surface area contributed by atoms with Crippen LogP contribution in [0, 0.1) is 0 Å². The van der Waals surface area contributed by atoms with Gasteiger partial charge in [0.25, 0.3) is 0 Å². The summed E-state index contributed by atoms with van der Waals surface area (Å²) in [5.74, 6) is 1.56. The molecule has 1 amide bonds. The summed E-state index contributed by atoms with van der Waals surface area (Å²) in [5, 5.41) is 12.4. The number of fused-ring (bicyclic) bond motifs is 1. The topological polar surface area (TPSA) is 125 Å². The molecule has 0 bridgehead atoms. The van der Waals surface area contributed by atoms with E-state index in [-0.39, 0.29) is 5.91 Å². The van der Waals surface area contributed by atoms with Gasteiger partial charge in [0.05, 0.1) is 51.7 Å². The minimum atomic E-state index is -0.718. The van der Waals surface area contributed by atoms with E-state index in [1.807, 2.05) is 36.4 Å². The number of H-pyrrole nitrogens is 1. The van der Waals surface area contributed by atoms with Crippen molar-refractivity contribution in [3.8, 4) is 39.9 Å². The van der Waals surface area contributed by atoms with Crippen molar-refractivity contribution in [2.45, 2.75) is 12.5 Å². The molecule has 5 aromatic rings. The SMILES string of the molecule is COc1ccc(-c2cnnn2-c2cc(OC)c(OC)c(OC)c2)cc1NC(=O)C(Cc1cc2ccccc2[nH]1)NCl. The standard InChI is InChI=1S/C29H29ClN6O5/c1-38-25-10-9-18(24-16-31-35-36(24)20-14-26(39-2)28(41-4)27(15-20)40-3)12-22(25)33-29(37)23(34-30)13-19-11-17-7-5-6-8-21(17)32-19/h5-12,14-16,23,32,34H,13H2,1-4H3,(H,33,37). The number of hydrogen-bond donors (Lipinski definition) is 3. The van der Waals surface area contributed by atoms with Crippen LogP contribution in [-0.4, -0.2) is 60.4 Å². The molecule has 0 saturated heterocycles. The Morgan fingerprint density at radius 1 is 0.951 bits per heavy atom. The highest BCUT2D eigenvalue weighted by atomic mass is 35.5. The van der Waals surface area contributed by atoms with E-state index in [4.69, 9.17) is 30.7 Å². The van der Waals surface area contributed by atoms with Crippen LogP contribution in [0.3, 0.4) is 0 Å². The second-order valence-corrected chi connectivity index (χ2v) is 9.28. The van der Waals surface area contributed by atoms with Crippen molar-refractivity contribution in [1.82, 2.24) is 24.8 Å². The number of nitrogens with zero attached hydrogens (tertiary/aromatic N) is 3. The molecule has 1 atom stereocenters. The van der Waals surface area contributed by atoms with E-state index >= 15 is 0 Å². The first-order valence-electron chi connectivity index (χ1n) is 12.6. The lowest BCUT2D eigenvalue weighted by Gasteiger charge is -2.17. The molecule has 0 radical (unpaired) electrons. The van der Waals surface area contributed by atoms with Crippen LogP contribution >= 0.6 is 11.8 Å². The average molecular weight is 577 g/mol. The number of methoxy groups -OCH3 is 4. The smallest absolute Gasteiger partial charge is 0.243 e. The number of carbonyl (C=O) groups excluding carboxylic acids is 1. The number of hydrogen-bond acceptors (Lipinski definition) is 8. The molecule has 1 unspecified atom stereocenters. The molecule has 11 nitrogen and oxygen atoms in total. The summed E-state index contributed by atoms with van der Waals surface area (Å²) < 4.78 is 23.6. The molecule has 0 saturated carbocycles. The zero-order chi connectivity index (χ0) is 28.9. The fourth-order valence-electron chi connectivity index (χ4n) is 4.64. The van der Waals surface area contributed by atoms with Crippen LogP contribution in [0.25, 0.3) is 27.8 Å². The van der Waals surface area contributed by atoms with Gasteiger partial charge in [0.15, 0.2) is 11.5 Å². The summed E-state index contributed by atoms with van der Waals surface area (Å²) in [4.78, 5) is 19.2. The number of amides is 1. The highest BCUT2D eigenvalue weighted by molar-refractivity contribution is 6.15. The molecule has 0 spiro atoms. The third-order valence-electron chi connectivity index (χ3n) is 6.65. The largest absolute Gasteiger partial charge is 0.495 e. The van der Waals surface area contributed by atoms with Gasteiger partial charge in [-0.25, -0.2) is 9.52 Å². The normalized spacial score (nSPS) is 11.7. The number of nitrogens with one attached hydrogen (secondary N) is 3. The molecule has 212 valence electrons. The Bertz CT molecular complexity index is 1630. The first-order valence-corrected chi connectivity index (χ1v) is 13.0. The van der Waals surface area contributed by atoms with Crippen LogP contribution < -0.4 is 29.1 Å². The molecular formula is C29H29ClN6O5. The molecule has 0 fully saturated rings. The van der Waals surface area contributed by atoms with Crippen molar-refractivity contribution in [3.05, 3.63) is 72.6 Å². The quantitative estimate of drug-likeness (QED) is 0.193. The lowest BCUT2D eigenvalue weighted by Crippen LogP contribution is -2.37. The Balaban J connectivity index is 1.44. The van der Waals surface area contributed by atoms with Crippen LogP contribution in [-0.2, 0) is 11.2 Å². The second-order valence-electron chi connectivity index (χ2n) is 9.07. The number of aromatic nitrogens is 4. The fourth-order valence-corrected chi connectivity index (χ4v) is 4.82. The lowest BCUT2D eigenvalue weighted by atomic mass is 10.1. The maximum atomic E-state index is 13.3. The summed E-state index contributed by atoms with van der Waals surface area (Å²) in [6.07, 6.45) is 1.97. The van der Waals surface area contributed by atoms with Gasteiger partial charge in [-0.15, -0.1) is 5.10 Å². The van der Waals surface area contributed by atoms with E-state index in [2.05, 4.69) is 25.4 Å². The van der Waals surface area contributed by atoms with Gasteiger partial charge in [-0.05, 0) is 47.5 Å². The minimum Gasteiger partial charge on any atom is -0.495 e. The number of para-hydroxylation sites is 1. The van der Waals surface area contributed by atoms with E-state index in [0.29, 0.717) is 46.5 Å². The average Bonchev–Trinajstić information content (AvgIpc) is 3.66. The predicted octanol–water partition coefficient (Wildman–Crippen LogP) is 4.74. The zero-order valence-corrected chi connectivity index (χ0v) is 23.7. The van der Waals surface area contributed by atoms with Crippen LogP contribution in [0.5, 0.6) is 23.0 Å². The zero-order valence-electron chi connectivity index (χ0n) is 22.9. The molecule has 12 heteroatoms. The first-order chi connectivity index (χ1) is 20.0. The molecule has 2 aromatic heterocycles. The number of benzene rings is 3. The number of anilines is 1. The van der Waals surface area contributed by atoms with Crippen molar-refractivity contribution in [3.63, 3.8) is 0 Å². The van der Waals surface area contributed by atoms with Crippen LogP contribution in [0.4, 0.5) is 5.69 Å². The van der Waals surface area contributed by atoms with Crippen LogP contribution in [0.15, 0.2) is 66.9 Å². The Labute approximate surface area is 241 Å². The molecule has 2 heterocycles. The summed E-state index contributed by atoms with van der Waals surface area (Å²) in [6, 6.07) is 18.1. The number of carbonyl (C=O) groups is 1. The number of aromatic amines is 1. The molecule has 0 aliphatic rings. The maximum Gasteiger partial charge on any atom is 0.243 e. The molecule has 0 aliphatic carbocycles. The van der Waals surface area contributed by atoms with E-state index in [9.17, 15) is 4.79 Å². The predicted molar refractivity (Wildman–Crippen MR) is 156 cm³/mol. The number of rotatable bonds is 11. The monoisotopic (exact) mass is 576 g/mol. The van der Waals surface area contributed by atoms with E-state index in [0.717, 1.165) is 22.2 Å². The van der Waals surface area contributed by atoms with Gasteiger partial charge in [0.2, 0.25) is 11.7 Å². The molecule has 5 rings (SSSR count). The Morgan fingerprint density at radius 2 is 1.68 bits per heavy atom. The molecule has 0 aliphatic heterocycles. The third-order valence-corrected chi connectivity index (χ3v) is 6.92. The Morgan fingerprint density at radius 3 is 2.34 bits per heavy atom. The van der Waals surface area contributed by atoms with E-state index < -0.39 is 6.04 Å². The minimum absolute atomic E-state index is 0.328. The van der Waals surface area contributed by atoms with Gasteiger partial charge in [0.1, 0.15) is 11.8 Å². The van der Waals surface area contributed by atoms with E-state index in [1.165, 1.54) is 7.11 Å². The summed E-state index contributed by atoms with van der Waals surface area (Å²) in [7, 11) is 6.17. The second kappa shape index (κ2) is 12.2. The van der Waals surface area contributed by atoms with Crippen molar-refractivity contribution in [2.24, 2.45) is 0 Å². The highest BCUT2D eigenvalue weighted by Crippen LogP contribution is 2.40. The van der Waals surface area contributed by atoms with Gasteiger partial charge < -0.3 is 29.2 Å². The van der Waals surface area contributed by atoms with Crippen LogP contribution in [0.2, 0.25) is 0 Å². The van der Waals surface area contributed by atoms with Crippen molar-refractivity contribution < 1.29 is 23.7 Å². The summed E-state index contributed by atoms with van der Waals surface area (Å²) in [6.45, 7) is 0. The fraction of sp³-hybridized carbons (Fsp3) is 0.207. The lowest BCUT2D eigenvalue weighted by molar-refractivity contribution is -0.117. The number of ether oxygens (including phenoxy) is 4. The molecule has 3 N–H and O–H groups in total. The molecular weight excluding hydrogens is 548 g/mol. The highest BCUT2D eigenvalue weighted by Gasteiger charge is 2.22. The van der Waals surface area contributed by atoms with Crippen molar-refractivity contribution >= 4 is 34.3 Å². The molecule has 41 heavy (non-hydrogen) atoms. The summed E-state index contributed by atoms with van der Waals surface area (Å²) >= 11 is 6.02. The van der Waals surface area contributed by atoms with Crippen LogP contribution in [0.1, 0.15) is 5.69 Å². The van der Waals surface area contributed by atoms with Gasteiger partial charge >= 0.3 is 0 Å². The van der Waals surface area contributed by atoms with E-state index in [1.54, 1.807) is 56.5 Å². The van der Waals surface area contributed by atoms with Gasteiger partial charge in [-0.3, -0.25) is 4.79 Å². The Hall–Kier alpha value is -4.74. The van der Waals surface area contributed by atoms with Crippen molar-refractivity contribution in [2.75, 3.05) is 33.8 Å². The van der Waals surface area contributed by atoms with Gasteiger partial charge in [0, 0.05) is 35.3 Å². The van der Waals surface area contributed by atoms with Crippen molar-refractivity contribution in [1.29, 1.82) is 0 Å². The summed E-state index contributed by atoms with van der Waals surface area (Å²) in [5.41, 5.74) is 4.34. The molecule has 3 aromatic carbocycles. The number of halogens is 1. The van der Waals surface area contributed by atoms with Gasteiger partial charge in [-0.1, -0.05) is 23.4 Å². The third kappa shape index (κ3) is 5.63. The van der Waals surface area contributed by atoms with Gasteiger partial charge in [-0.2, -0.15) is 0 Å². The maximum absolute atomic E-state index is 13.3. The Kier molecular flexibility index (Phi) is 8.27. The first kappa shape index (κ1) is 27.8.